The predicted molar refractivity (Wildman–Crippen MR) is 69.9 cm³/mol. The highest BCUT2D eigenvalue weighted by molar-refractivity contribution is 6.31. The number of rotatable bonds is 4. The van der Waals surface area contributed by atoms with Crippen molar-refractivity contribution in [2.75, 3.05) is 0 Å². The topological polar surface area (TPSA) is 29.9 Å². The van der Waals surface area contributed by atoms with Crippen LogP contribution in [0.2, 0.25) is 5.02 Å². The molecule has 18 heavy (non-hydrogen) atoms. The first-order valence-corrected chi connectivity index (χ1v) is 6.08. The maximum absolute atomic E-state index is 13.5. The molecule has 0 fully saturated rings. The lowest BCUT2D eigenvalue weighted by Gasteiger charge is -2.07. The van der Waals surface area contributed by atoms with Crippen LogP contribution in [-0.2, 0) is 20.1 Å². The second kappa shape index (κ2) is 5.50. The summed E-state index contributed by atoms with van der Waals surface area (Å²) in [5.74, 6) is -0.280. The number of hydrogen-bond donors (Lipinski definition) is 1. The first-order valence-electron chi connectivity index (χ1n) is 5.70. The molecule has 0 radical (unpaired) electrons. The van der Waals surface area contributed by atoms with Gasteiger partial charge < -0.3 is 5.32 Å². The summed E-state index contributed by atoms with van der Waals surface area (Å²) in [6.07, 6.45) is 1.95. The lowest BCUT2D eigenvalue weighted by molar-refractivity contribution is 0.587. The smallest absolute Gasteiger partial charge is 0.129 e. The van der Waals surface area contributed by atoms with Crippen molar-refractivity contribution in [1.82, 2.24) is 15.1 Å². The third-order valence-electron chi connectivity index (χ3n) is 2.79. The minimum Gasteiger partial charge on any atom is -0.308 e. The molecule has 0 saturated carbocycles. The Balaban J connectivity index is 1.99. The van der Waals surface area contributed by atoms with E-state index in [9.17, 15) is 4.39 Å². The summed E-state index contributed by atoms with van der Waals surface area (Å²) in [4.78, 5) is 0. The summed E-state index contributed by atoms with van der Waals surface area (Å²) in [5.41, 5.74) is 2.58. The molecule has 2 rings (SSSR count). The van der Waals surface area contributed by atoms with Crippen molar-refractivity contribution >= 4 is 11.6 Å². The number of hydrogen-bond acceptors (Lipinski definition) is 2. The average Bonchev–Trinajstić information content (AvgIpc) is 2.62. The number of benzene rings is 1. The molecule has 0 aliphatic carbocycles. The molecular weight excluding hydrogens is 253 g/mol. The zero-order valence-electron chi connectivity index (χ0n) is 10.4. The quantitative estimate of drug-likeness (QED) is 0.923. The lowest BCUT2D eigenvalue weighted by Crippen LogP contribution is -2.14. The maximum atomic E-state index is 13.5. The van der Waals surface area contributed by atoms with E-state index >= 15 is 0 Å². The fourth-order valence-corrected chi connectivity index (χ4v) is 2.08. The van der Waals surface area contributed by atoms with Gasteiger partial charge in [0.1, 0.15) is 5.82 Å². The van der Waals surface area contributed by atoms with Gasteiger partial charge >= 0.3 is 0 Å². The van der Waals surface area contributed by atoms with E-state index in [4.69, 9.17) is 11.6 Å². The van der Waals surface area contributed by atoms with E-state index < -0.39 is 0 Å². The Morgan fingerprint density at radius 2 is 2.17 bits per heavy atom. The Bertz CT molecular complexity index is 531. The SMILES string of the molecule is Cc1nn(C)cc1CNCc1c(F)cccc1Cl. The summed E-state index contributed by atoms with van der Waals surface area (Å²) in [6, 6.07) is 4.71. The van der Waals surface area contributed by atoms with Gasteiger partial charge in [-0.3, -0.25) is 4.68 Å². The predicted octanol–water partition coefficient (Wildman–Crippen LogP) is 2.81. The molecule has 5 heteroatoms. The largest absolute Gasteiger partial charge is 0.308 e. The van der Waals surface area contributed by atoms with Gasteiger partial charge in [0.2, 0.25) is 0 Å². The van der Waals surface area contributed by atoms with Crippen LogP contribution in [-0.4, -0.2) is 9.78 Å². The molecule has 0 bridgehead atoms. The molecule has 96 valence electrons. The Morgan fingerprint density at radius 1 is 1.39 bits per heavy atom. The Kier molecular flexibility index (Phi) is 3.99. The van der Waals surface area contributed by atoms with Gasteiger partial charge in [-0.2, -0.15) is 5.10 Å². The number of aryl methyl sites for hydroxylation is 2. The molecule has 3 nitrogen and oxygen atoms in total. The number of nitrogens with zero attached hydrogens (tertiary/aromatic N) is 2. The van der Waals surface area contributed by atoms with E-state index in [1.807, 2.05) is 20.2 Å². The summed E-state index contributed by atoms with van der Waals surface area (Å²) in [7, 11) is 1.88. The van der Waals surface area contributed by atoms with Crippen molar-refractivity contribution in [2.45, 2.75) is 20.0 Å². The fourth-order valence-electron chi connectivity index (χ4n) is 1.85. The second-order valence-corrected chi connectivity index (χ2v) is 4.62. The standard InChI is InChI=1S/C13H15ClFN3/c1-9-10(8-18(2)17-9)6-16-7-11-12(14)4-3-5-13(11)15/h3-5,8,16H,6-7H2,1-2H3. The monoisotopic (exact) mass is 267 g/mol. The van der Waals surface area contributed by atoms with E-state index in [1.54, 1.807) is 16.8 Å². The molecule has 0 aliphatic heterocycles. The molecular formula is C13H15ClFN3. The molecule has 2 aromatic rings. The van der Waals surface area contributed by atoms with E-state index in [1.165, 1.54) is 6.07 Å². The first-order chi connectivity index (χ1) is 8.58. The highest BCUT2D eigenvalue weighted by Gasteiger charge is 2.07. The van der Waals surface area contributed by atoms with Gasteiger partial charge in [0.25, 0.3) is 0 Å². The van der Waals surface area contributed by atoms with Crippen LogP contribution >= 0.6 is 11.6 Å². The van der Waals surface area contributed by atoms with Crippen LogP contribution in [0.3, 0.4) is 0 Å². The number of halogens is 2. The summed E-state index contributed by atoms with van der Waals surface area (Å²) < 4.78 is 15.3. The molecule has 1 N–H and O–H groups in total. The zero-order valence-corrected chi connectivity index (χ0v) is 11.1. The van der Waals surface area contributed by atoms with Crippen LogP contribution < -0.4 is 5.32 Å². The van der Waals surface area contributed by atoms with E-state index in [0.717, 1.165) is 11.3 Å². The second-order valence-electron chi connectivity index (χ2n) is 4.22. The van der Waals surface area contributed by atoms with Gasteiger partial charge in [-0.25, -0.2) is 4.39 Å². The van der Waals surface area contributed by atoms with E-state index in [-0.39, 0.29) is 5.82 Å². The van der Waals surface area contributed by atoms with Crippen LogP contribution in [0.5, 0.6) is 0 Å². The minimum atomic E-state index is -0.280. The van der Waals surface area contributed by atoms with Crippen LogP contribution in [0.1, 0.15) is 16.8 Å². The van der Waals surface area contributed by atoms with Gasteiger partial charge in [0.15, 0.2) is 0 Å². The van der Waals surface area contributed by atoms with Gasteiger partial charge in [0.05, 0.1) is 5.69 Å². The van der Waals surface area contributed by atoms with Gasteiger partial charge in [-0.15, -0.1) is 0 Å². The van der Waals surface area contributed by atoms with Gasteiger partial charge in [-0.1, -0.05) is 17.7 Å². The fraction of sp³-hybridized carbons (Fsp3) is 0.308. The van der Waals surface area contributed by atoms with Crippen LogP contribution in [0.4, 0.5) is 4.39 Å². The average molecular weight is 268 g/mol. The minimum absolute atomic E-state index is 0.280. The Labute approximate surface area is 111 Å². The van der Waals surface area contributed by atoms with Crippen LogP contribution in [0, 0.1) is 12.7 Å². The zero-order chi connectivity index (χ0) is 13.1. The normalized spacial score (nSPS) is 10.9. The van der Waals surface area contributed by atoms with Crippen molar-refractivity contribution in [2.24, 2.45) is 7.05 Å². The summed E-state index contributed by atoms with van der Waals surface area (Å²) in [6.45, 7) is 3.00. The molecule has 0 unspecified atom stereocenters. The molecule has 0 atom stereocenters. The Hall–Kier alpha value is -1.39. The number of nitrogens with one attached hydrogen (secondary N) is 1. The van der Waals surface area contributed by atoms with E-state index in [0.29, 0.717) is 23.7 Å². The number of aromatic nitrogens is 2. The van der Waals surface area contributed by atoms with Crippen molar-refractivity contribution in [1.29, 1.82) is 0 Å². The highest BCUT2D eigenvalue weighted by Crippen LogP contribution is 2.18. The van der Waals surface area contributed by atoms with Crippen LogP contribution in [0.15, 0.2) is 24.4 Å². The third kappa shape index (κ3) is 2.89. The van der Waals surface area contributed by atoms with Crippen molar-refractivity contribution < 1.29 is 4.39 Å². The Morgan fingerprint density at radius 3 is 2.78 bits per heavy atom. The molecule has 1 aromatic carbocycles. The van der Waals surface area contributed by atoms with Gasteiger partial charge in [0, 0.05) is 42.5 Å². The van der Waals surface area contributed by atoms with Gasteiger partial charge in [-0.05, 0) is 19.1 Å². The summed E-state index contributed by atoms with van der Waals surface area (Å²) >= 11 is 5.95. The molecule has 0 saturated heterocycles. The van der Waals surface area contributed by atoms with Crippen LogP contribution in [0.25, 0.3) is 0 Å². The lowest BCUT2D eigenvalue weighted by atomic mass is 10.2. The maximum Gasteiger partial charge on any atom is 0.129 e. The van der Waals surface area contributed by atoms with E-state index in [2.05, 4.69) is 10.4 Å². The first kappa shape index (κ1) is 13.1. The molecule has 0 spiro atoms. The molecule has 0 aliphatic rings. The molecule has 1 aromatic heterocycles. The molecule has 0 amide bonds. The van der Waals surface area contributed by atoms with Crippen molar-refractivity contribution in [3.8, 4) is 0 Å². The molecule has 1 heterocycles. The summed E-state index contributed by atoms with van der Waals surface area (Å²) in [5, 5.41) is 7.87. The third-order valence-corrected chi connectivity index (χ3v) is 3.15. The highest BCUT2D eigenvalue weighted by atomic mass is 35.5. The van der Waals surface area contributed by atoms with Crippen molar-refractivity contribution in [3.05, 3.63) is 52.1 Å². The van der Waals surface area contributed by atoms with Crippen molar-refractivity contribution in [3.63, 3.8) is 0 Å².